The number of carbonyl (C=O) groups excluding carboxylic acids is 2. The lowest BCUT2D eigenvalue weighted by Gasteiger charge is -2.13. The van der Waals surface area contributed by atoms with Crippen molar-refractivity contribution in [1.29, 1.82) is 0 Å². The fourth-order valence-electron chi connectivity index (χ4n) is 2.55. The molecule has 0 aliphatic heterocycles. The molecule has 2 N–H and O–H groups in total. The second kappa shape index (κ2) is 5.65. The lowest BCUT2D eigenvalue weighted by molar-refractivity contribution is -0.125. The predicted molar refractivity (Wildman–Crippen MR) is 79.6 cm³/mol. The van der Waals surface area contributed by atoms with Crippen molar-refractivity contribution in [2.24, 2.45) is 11.8 Å². The third kappa shape index (κ3) is 3.38. The van der Waals surface area contributed by atoms with Crippen LogP contribution < -0.4 is 10.6 Å². The maximum absolute atomic E-state index is 11.9. The summed E-state index contributed by atoms with van der Waals surface area (Å²) in [6, 6.07) is 4.07. The van der Waals surface area contributed by atoms with E-state index in [9.17, 15) is 9.59 Å². The zero-order valence-electron chi connectivity index (χ0n) is 12.5. The van der Waals surface area contributed by atoms with E-state index < -0.39 is 0 Å². The van der Waals surface area contributed by atoms with Gasteiger partial charge in [0.15, 0.2) is 0 Å². The molecule has 2 amide bonds. The van der Waals surface area contributed by atoms with E-state index in [1.165, 1.54) is 5.56 Å². The van der Waals surface area contributed by atoms with Crippen LogP contribution in [-0.2, 0) is 9.59 Å². The molecule has 0 aromatic heterocycles. The minimum atomic E-state index is -0.179. The number of benzene rings is 1. The van der Waals surface area contributed by atoms with Crippen molar-refractivity contribution in [1.82, 2.24) is 5.32 Å². The van der Waals surface area contributed by atoms with Gasteiger partial charge in [-0.3, -0.25) is 9.59 Å². The van der Waals surface area contributed by atoms with Gasteiger partial charge in [0.1, 0.15) is 0 Å². The van der Waals surface area contributed by atoms with E-state index in [-0.39, 0.29) is 24.3 Å². The molecular formula is C16H22N2O2. The zero-order chi connectivity index (χ0) is 14.9. The molecule has 0 spiro atoms. The molecule has 1 aromatic rings. The standard InChI is InChI=1S/C16H22N2O2/c1-9-5-11(3)15(12(4)6-9)18-14(19)8-17-16(20)13-7-10(13)2/h5-6,10,13H,7-8H2,1-4H3,(H,17,20)(H,18,19). The molecule has 1 aliphatic carbocycles. The van der Waals surface area contributed by atoms with E-state index in [1.807, 2.05) is 39.8 Å². The number of anilines is 1. The number of rotatable bonds is 4. The van der Waals surface area contributed by atoms with Crippen LogP contribution in [0.3, 0.4) is 0 Å². The monoisotopic (exact) mass is 274 g/mol. The summed E-state index contributed by atoms with van der Waals surface area (Å²) >= 11 is 0. The molecule has 2 unspecified atom stereocenters. The van der Waals surface area contributed by atoms with Gasteiger partial charge in [0.2, 0.25) is 11.8 Å². The molecule has 108 valence electrons. The highest BCUT2D eigenvalue weighted by Gasteiger charge is 2.38. The highest BCUT2D eigenvalue weighted by molar-refractivity contribution is 5.96. The Labute approximate surface area is 119 Å². The van der Waals surface area contributed by atoms with Gasteiger partial charge in [-0.15, -0.1) is 0 Å². The van der Waals surface area contributed by atoms with E-state index in [0.29, 0.717) is 5.92 Å². The number of hydrogen-bond acceptors (Lipinski definition) is 2. The zero-order valence-corrected chi connectivity index (χ0v) is 12.5. The van der Waals surface area contributed by atoms with Gasteiger partial charge >= 0.3 is 0 Å². The summed E-state index contributed by atoms with van der Waals surface area (Å²) in [6.07, 6.45) is 0.934. The molecule has 1 aliphatic rings. The molecule has 1 saturated carbocycles. The summed E-state index contributed by atoms with van der Waals surface area (Å²) in [6.45, 7) is 8.06. The normalized spacial score (nSPS) is 20.4. The summed E-state index contributed by atoms with van der Waals surface area (Å²) in [7, 11) is 0. The lowest BCUT2D eigenvalue weighted by Crippen LogP contribution is -2.34. The molecule has 0 heterocycles. The van der Waals surface area contributed by atoms with E-state index in [0.717, 1.165) is 23.2 Å². The Morgan fingerprint density at radius 2 is 1.75 bits per heavy atom. The van der Waals surface area contributed by atoms with Crippen molar-refractivity contribution in [3.8, 4) is 0 Å². The smallest absolute Gasteiger partial charge is 0.243 e. The van der Waals surface area contributed by atoms with E-state index in [4.69, 9.17) is 0 Å². The first kappa shape index (κ1) is 14.6. The van der Waals surface area contributed by atoms with Gasteiger partial charge in [-0.2, -0.15) is 0 Å². The molecule has 20 heavy (non-hydrogen) atoms. The predicted octanol–water partition coefficient (Wildman–Crippen LogP) is 2.32. The summed E-state index contributed by atoms with van der Waals surface area (Å²) in [5.41, 5.74) is 4.10. The van der Waals surface area contributed by atoms with Crippen LogP contribution in [-0.4, -0.2) is 18.4 Å². The maximum Gasteiger partial charge on any atom is 0.243 e. The van der Waals surface area contributed by atoms with Crippen molar-refractivity contribution >= 4 is 17.5 Å². The van der Waals surface area contributed by atoms with Crippen LogP contribution >= 0.6 is 0 Å². The Hall–Kier alpha value is -1.84. The van der Waals surface area contributed by atoms with Crippen LogP contribution in [0, 0.1) is 32.6 Å². The number of carbonyl (C=O) groups is 2. The lowest BCUT2D eigenvalue weighted by atomic mass is 10.1. The van der Waals surface area contributed by atoms with E-state index in [2.05, 4.69) is 10.6 Å². The maximum atomic E-state index is 11.9. The Bertz CT molecular complexity index is 528. The van der Waals surface area contributed by atoms with Crippen molar-refractivity contribution in [2.75, 3.05) is 11.9 Å². The van der Waals surface area contributed by atoms with Gasteiger partial charge in [0, 0.05) is 11.6 Å². The van der Waals surface area contributed by atoms with Crippen LogP contribution in [0.4, 0.5) is 5.69 Å². The Morgan fingerprint density at radius 1 is 1.20 bits per heavy atom. The number of hydrogen-bond donors (Lipinski definition) is 2. The molecule has 0 radical (unpaired) electrons. The first-order valence-corrected chi connectivity index (χ1v) is 7.04. The molecule has 4 nitrogen and oxygen atoms in total. The first-order valence-electron chi connectivity index (χ1n) is 7.04. The van der Waals surface area contributed by atoms with Crippen LogP contribution in [0.25, 0.3) is 0 Å². The summed E-state index contributed by atoms with van der Waals surface area (Å²) in [5, 5.41) is 5.57. The molecular weight excluding hydrogens is 252 g/mol. The second-order valence-corrected chi connectivity index (χ2v) is 5.86. The summed E-state index contributed by atoms with van der Waals surface area (Å²) < 4.78 is 0. The van der Waals surface area contributed by atoms with Crippen LogP contribution in [0.1, 0.15) is 30.0 Å². The Morgan fingerprint density at radius 3 is 2.25 bits per heavy atom. The largest absolute Gasteiger partial charge is 0.347 e. The molecule has 1 fully saturated rings. The van der Waals surface area contributed by atoms with Gasteiger partial charge in [-0.1, -0.05) is 24.6 Å². The second-order valence-electron chi connectivity index (χ2n) is 5.86. The fraction of sp³-hybridized carbons (Fsp3) is 0.500. The number of nitrogens with one attached hydrogen (secondary N) is 2. The molecule has 1 aromatic carbocycles. The Balaban J connectivity index is 1.90. The van der Waals surface area contributed by atoms with Gasteiger partial charge in [-0.25, -0.2) is 0 Å². The van der Waals surface area contributed by atoms with Gasteiger partial charge < -0.3 is 10.6 Å². The summed E-state index contributed by atoms with van der Waals surface area (Å²) in [5.74, 6) is 0.372. The van der Waals surface area contributed by atoms with Crippen molar-refractivity contribution in [3.05, 3.63) is 28.8 Å². The van der Waals surface area contributed by atoms with Gasteiger partial charge in [0.05, 0.1) is 6.54 Å². The van der Waals surface area contributed by atoms with Gasteiger partial charge in [-0.05, 0) is 44.2 Å². The van der Waals surface area contributed by atoms with Crippen molar-refractivity contribution in [2.45, 2.75) is 34.1 Å². The molecule has 0 bridgehead atoms. The van der Waals surface area contributed by atoms with Crippen molar-refractivity contribution < 1.29 is 9.59 Å². The van der Waals surface area contributed by atoms with E-state index in [1.54, 1.807) is 0 Å². The summed E-state index contributed by atoms with van der Waals surface area (Å²) in [4.78, 5) is 23.6. The van der Waals surface area contributed by atoms with Crippen LogP contribution in [0.5, 0.6) is 0 Å². The fourth-order valence-corrected chi connectivity index (χ4v) is 2.55. The number of aryl methyl sites for hydroxylation is 3. The molecule has 2 atom stereocenters. The first-order chi connectivity index (χ1) is 9.38. The van der Waals surface area contributed by atoms with Gasteiger partial charge in [0.25, 0.3) is 0 Å². The average molecular weight is 274 g/mol. The third-order valence-corrected chi connectivity index (χ3v) is 3.81. The quantitative estimate of drug-likeness (QED) is 0.885. The topological polar surface area (TPSA) is 58.2 Å². The molecule has 4 heteroatoms. The SMILES string of the molecule is Cc1cc(C)c(NC(=O)CNC(=O)C2CC2C)c(C)c1. The molecule has 2 rings (SSSR count). The van der Waals surface area contributed by atoms with Crippen molar-refractivity contribution in [3.63, 3.8) is 0 Å². The number of amides is 2. The highest BCUT2D eigenvalue weighted by atomic mass is 16.2. The Kier molecular flexibility index (Phi) is 4.12. The molecule has 0 saturated heterocycles. The minimum Gasteiger partial charge on any atom is -0.347 e. The van der Waals surface area contributed by atoms with Crippen LogP contribution in [0.2, 0.25) is 0 Å². The highest BCUT2D eigenvalue weighted by Crippen LogP contribution is 2.37. The third-order valence-electron chi connectivity index (χ3n) is 3.81. The average Bonchev–Trinajstić information content (AvgIpc) is 3.08. The van der Waals surface area contributed by atoms with Crippen LogP contribution in [0.15, 0.2) is 12.1 Å². The van der Waals surface area contributed by atoms with E-state index >= 15 is 0 Å². The minimum absolute atomic E-state index is 0.00926.